The van der Waals surface area contributed by atoms with Crippen molar-refractivity contribution >= 4 is 35.5 Å². The smallest absolute Gasteiger partial charge is 0.328 e. The van der Waals surface area contributed by atoms with Gasteiger partial charge in [0.15, 0.2) is 0 Å². The Morgan fingerprint density at radius 2 is 2.19 bits per heavy atom. The standard InChI is InChI=1S/C15H20N2O3S/c1-3-21-10-11(2)16-15(20)17-13-6-4-5-12(9-13)7-8-14(18)19/h4-9,11H,3,10H2,1-2H3,(H,18,19)(H2,16,17,20)/b8-7+. The number of nitrogens with one attached hydrogen (secondary N) is 2. The Morgan fingerprint density at radius 1 is 1.43 bits per heavy atom. The summed E-state index contributed by atoms with van der Waals surface area (Å²) in [6, 6.07) is 6.81. The Kier molecular flexibility index (Phi) is 7.39. The Balaban J connectivity index is 2.56. The Morgan fingerprint density at radius 3 is 2.86 bits per heavy atom. The fraction of sp³-hybridized carbons (Fsp3) is 0.333. The van der Waals surface area contributed by atoms with Crippen LogP contribution in [0.15, 0.2) is 30.3 Å². The molecule has 1 atom stereocenters. The van der Waals surface area contributed by atoms with E-state index in [4.69, 9.17) is 5.11 Å². The first-order valence-corrected chi connectivity index (χ1v) is 7.83. The van der Waals surface area contributed by atoms with E-state index in [9.17, 15) is 9.59 Å². The molecule has 0 aliphatic rings. The molecule has 21 heavy (non-hydrogen) atoms. The number of urea groups is 1. The van der Waals surface area contributed by atoms with Gasteiger partial charge in [-0.3, -0.25) is 0 Å². The lowest BCUT2D eigenvalue weighted by Crippen LogP contribution is -2.37. The summed E-state index contributed by atoms with van der Waals surface area (Å²) < 4.78 is 0. The minimum absolute atomic E-state index is 0.0880. The summed E-state index contributed by atoms with van der Waals surface area (Å²) in [5.41, 5.74) is 1.33. The van der Waals surface area contributed by atoms with Gasteiger partial charge in [-0.25, -0.2) is 9.59 Å². The molecule has 0 heterocycles. The van der Waals surface area contributed by atoms with E-state index >= 15 is 0 Å². The highest BCUT2D eigenvalue weighted by molar-refractivity contribution is 7.99. The number of rotatable bonds is 7. The van der Waals surface area contributed by atoms with Crippen molar-refractivity contribution in [2.75, 3.05) is 16.8 Å². The number of carboxylic acid groups (broad SMARTS) is 1. The average Bonchev–Trinajstić information content (AvgIpc) is 2.43. The molecule has 0 bridgehead atoms. The van der Waals surface area contributed by atoms with Gasteiger partial charge in [-0.2, -0.15) is 11.8 Å². The van der Waals surface area contributed by atoms with Gasteiger partial charge in [0.2, 0.25) is 0 Å². The predicted octanol–water partition coefficient (Wildman–Crippen LogP) is 3.05. The van der Waals surface area contributed by atoms with Gasteiger partial charge in [0.1, 0.15) is 0 Å². The van der Waals surface area contributed by atoms with Crippen LogP contribution in [0.3, 0.4) is 0 Å². The van der Waals surface area contributed by atoms with E-state index in [-0.39, 0.29) is 12.1 Å². The number of aliphatic carboxylic acids is 1. The van der Waals surface area contributed by atoms with Crippen LogP contribution in [-0.2, 0) is 4.79 Å². The second kappa shape index (κ2) is 9.07. The van der Waals surface area contributed by atoms with E-state index in [0.29, 0.717) is 11.3 Å². The van der Waals surface area contributed by atoms with E-state index < -0.39 is 5.97 Å². The second-order valence-electron chi connectivity index (χ2n) is 4.46. The molecule has 114 valence electrons. The van der Waals surface area contributed by atoms with E-state index in [2.05, 4.69) is 17.6 Å². The van der Waals surface area contributed by atoms with Crippen LogP contribution in [0.5, 0.6) is 0 Å². The maximum absolute atomic E-state index is 11.8. The first-order valence-electron chi connectivity index (χ1n) is 6.67. The van der Waals surface area contributed by atoms with Crippen molar-refractivity contribution < 1.29 is 14.7 Å². The van der Waals surface area contributed by atoms with Crippen LogP contribution >= 0.6 is 11.8 Å². The van der Waals surface area contributed by atoms with Crippen LogP contribution in [0.2, 0.25) is 0 Å². The van der Waals surface area contributed by atoms with Gasteiger partial charge in [0, 0.05) is 23.6 Å². The van der Waals surface area contributed by atoms with Crippen molar-refractivity contribution in [1.82, 2.24) is 5.32 Å². The first-order chi connectivity index (χ1) is 10.0. The summed E-state index contributed by atoms with van der Waals surface area (Å²) in [4.78, 5) is 22.3. The number of benzene rings is 1. The lowest BCUT2D eigenvalue weighted by Gasteiger charge is -2.14. The normalized spacial score (nSPS) is 12.1. The van der Waals surface area contributed by atoms with Crippen molar-refractivity contribution in [2.24, 2.45) is 0 Å². The monoisotopic (exact) mass is 308 g/mol. The lowest BCUT2D eigenvalue weighted by atomic mass is 10.2. The SMILES string of the molecule is CCSCC(C)NC(=O)Nc1cccc(/C=C/C(=O)O)c1. The Bertz CT molecular complexity index is 517. The molecular formula is C15H20N2O3S. The number of amides is 2. The van der Waals surface area contributed by atoms with Gasteiger partial charge in [-0.15, -0.1) is 0 Å². The number of anilines is 1. The highest BCUT2D eigenvalue weighted by atomic mass is 32.2. The van der Waals surface area contributed by atoms with Gasteiger partial charge >= 0.3 is 12.0 Å². The molecule has 0 radical (unpaired) electrons. The molecule has 1 aromatic rings. The zero-order valence-corrected chi connectivity index (χ0v) is 12.9. The molecule has 0 aliphatic carbocycles. The molecule has 1 rings (SSSR count). The summed E-state index contributed by atoms with van der Waals surface area (Å²) in [7, 11) is 0. The molecule has 0 spiro atoms. The van der Waals surface area contributed by atoms with Crippen LogP contribution in [0.4, 0.5) is 10.5 Å². The molecule has 5 nitrogen and oxygen atoms in total. The van der Waals surface area contributed by atoms with E-state index in [0.717, 1.165) is 17.6 Å². The highest BCUT2D eigenvalue weighted by Gasteiger charge is 2.07. The summed E-state index contributed by atoms with van der Waals surface area (Å²) in [6.45, 7) is 4.03. The lowest BCUT2D eigenvalue weighted by molar-refractivity contribution is -0.131. The number of hydrogen-bond donors (Lipinski definition) is 3. The van der Waals surface area contributed by atoms with Gasteiger partial charge in [-0.05, 0) is 36.4 Å². The Labute approximate surface area is 128 Å². The number of carboxylic acids is 1. The van der Waals surface area contributed by atoms with Crippen LogP contribution in [0.25, 0.3) is 6.08 Å². The maximum atomic E-state index is 11.8. The van der Waals surface area contributed by atoms with Crippen molar-refractivity contribution in [3.05, 3.63) is 35.9 Å². The molecule has 0 aliphatic heterocycles. The summed E-state index contributed by atoms with van der Waals surface area (Å²) in [5, 5.41) is 14.2. The number of carbonyl (C=O) groups is 2. The van der Waals surface area contributed by atoms with Gasteiger partial charge < -0.3 is 15.7 Å². The largest absolute Gasteiger partial charge is 0.478 e. The second-order valence-corrected chi connectivity index (χ2v) is 5.77. The topological polar surface area (TPSA) is 78.4 Å². The third-order valence-corrected chi connectivity index (χ3v) is 3.66. The van der Waals surface area contributed by atoms with E-state index in [1.165, 1.54) is 6.08 Å². The van der Waals surface area contributed by atoms with Gasteiger partial charge in [-0.1, -0.05) is 19.1 Å². The van der Waals surface area contributed by atoms with Crippen molar-refractivity contribution in [1.29, 1.82) is 0 Å². The van der Waals surface area contributed by atoms with Crippen molar-refractivity contribution in [3.63, 3.8) is 0 Å². The van der Waals surface area contributed by atoms with Gasteiger partial charge in [0.05, 0.1) is 0 Å². The molecule has 3 N–H and O–H groups in total. The van der Waals surface area contributed by atoms with Gasteiger partial charge in [0.25, 0.3) is 0 Å². The number of carbonyl (C=O) groups excluding carboxylic acids is 1. The maximum Gasteiger partial charge on any atom is 0.328 e. The third kappa shape index (κ3) is 7.41. The van der Waals surface area contributed by atoms with Crippen LogP contribution in [-0.4, -0.2) is 34.7 Å². The summed E-state index contributed by atoms with van der Waals surface area (Å²) >= 11 is 1.77. The molecule has 1 aromatic carbocycles. The molecule has 0 aromatic heterocycles. The van der Waals surface area contributed by atoms with Crippen LogP contribution in [0.1, 0.15) is 19.4 Å². The Hall–Kier alpha value is -1.95. The van der Waals surface area contributed by atoms with Crippen molar-refractivity contribution in [3.8, 4) is 0 Å². The van der Waals surface area contributed by atoms with Crippen LogP contribution in [0, 0.1) is 0 Å². The zero-order chi connectivity index (χ0) is 15.7. The van der Waals surface area contributed by atoms with Crippen molar-refractivity contribution in [2.45, 2.75) is 19.9 Å². The minimum Gasteiger partial charge on any atom is -0.478 e. The molecule has 2 amide bonds. The summed E-state index contributed by atoms with van der Waals surface area (Å²) in [6.07, 6.45) is 2.54. The molecule has 1 unspecified atom stereocenters. The fourth-order valence-electron chi connectivity index (χ4n) is 1.61. The fourth-order valence-corrected chi connectivity index (χ4v) is 2.29. The summed E-state index contributed by atoms with van der Waals surface area (Å²) in [5.74, 6) is 0.880. The number of hydrogen-bond acceptors (Lipinski definition) is 3. The third-order valence-electron chi connectivity index (χ3n) is 2.51. The highest BCUT2D eigenvalue weighted by Crippen LogP contribution is 2.12. The quantitative estimate of drug-likeness (QED) is 0.677. The molecular weight excluding hydrogens is 288 g/mol. The van der Waals surface area contributed by atoms with E-state index in [1.807, 2.05) is 6.92 Å². The zero-order valence-electron chi connectivity index (χ0n) is 12.1. The number of thioether (sulfide) groups is 1. The van der Waals surface area contributed by atoms with Crippen LogP contribution < -0.4 is 10.6 Å². The molecule has 0 fully saturated rings. The predicted molar refractivity (Wildman–Crippen MR) is 87.7 cm³/mol. The molecule has 6 heteroatoms. The average molecular weight is 308 g/mol. The van der Waals surface area contributed by atoms with E-state index in [1.54, 1.807) is 36.0 Å². The molecule has 0 saturated carbocycles. The molecule has 0 saturated heterocycles. The first kappa shape index (κ1) is 17.1. The minimum atomic E-state index is -1.01.